The van der Waals surface area contributed by atoms with Crippen LogP contribution in [-0.4, -0.2) is 12.5 Å². The summed E-state index contributed by atoms with van der Waals surface area (Å²) in [5, 5.41) is 3.80. The van der Waals surface area contributed by atoms with Crippen LogP contribution in [-0.2, 0) is 17.6 Å². The fourth-order valence-electron chi connectivity index (χ4n) is 1.91. The SMILES string of the molecule is C=CCNC(=O)Cc1coc2ccc(CC)cc12. The molecule has 0 aliphatic rings. The van der Waals surface area contributed by atoms with Gasteiger partial charge in [0.05, 0.1) is 12.7 Å². The van der Waals surface area contributed by atoms with E-state index in [9.17, 15) is 4.79 Å². The highest BCUT2D eigenvalue weighted by molar-refractivity contribution is 5.88. The third-order valence-electron chi connectivity index (χ3n) is 2.92. The van der Waals surface area contributed by atoms with Gasteiger partial charge < -0.3 is 9.73 Å². The van der Waals surface area contributed by atoms with E-state index in [4.69, 9.17) is 4.42 Å². The zero-order valence-corrected chi connectivity index (χ0v) is 10.5. The van der Waals surface area contributed by atoms with E-state index in [1.807, 2.05) is 12.1 Å². The Balaban J connectivity index is 2.22. The summed E-state index contributed by atoms with van der Waals surface area (Å²) in [6.45, 7) is 6.17. The Morgan fingerprint density at radius 2 is 2.33 bits per heavy atom. The fraction of sp³-hybridized carbons (Fsp3) is 0.267. The summed E-state index contributed by atoms with van der Waals surface area (Å²) in [6, 6.07) is 6.10. The quantitative estimate of drug-likeness (QED) is 0.820. The van der Waals surface area contributed by atoms with Crippen molar-refractivity contribution < 1.29 is 9.21 Å². The molecule has 0 aliphatic carbocycles. The van der Waals surface area contributed by atoms with Gasteiger partial charge in [0.2, 0.25) is 5.91 Å². The minimum Gasteiger partial charge on any atom is -0.464 e. The van der Waals surface area contributed by atoms with E-state index in [0.29, 0.717) is 13.0 Å². The number of nitrogens with one attached hydrogen (secondary N) is 1. The molecule has 0 aliphatic heterocycles. The summed E-state index contributed by atoms with van der Waals surface area (Å²) in [6.07, 6.45) is 4.65. The van der Waals surface area contributed by atoms with Gasteiger partial charge in [-0.3, -0.25) is 4.79 Å². The van der Waals surface area contributed by atoms with E-state index in [1.54, 1.807) is 12.3 Å². The largest absolute Gasteiger partial charge is 0.464 e. The van der Waals surface area contributed by atoms with Gasteiger partial charge in [0.1, 0.15) is 5.58 Å². The van der Waals surface area contributed by atoms with Gasteiger partial charge in [0.15, 0.2) is 0 Å². The lowest BCUT2D eigenvalue weighted by atomic mass is 10.1. The maximum absolute atomic E-state index is 11.7. The number of fused-ring (bicyclic) bond motifs is 1. The van der Waals surface area contributed by atoms with Crippen LogP contribution in [0.3, 0.4) is 0 Å². The van der Waals surface area contributed by atoms with Crippen LogP contribution in [0, 0.1) is 0 Å². The number of rotatable bonds is 5. The Bertz CT molecular complexity index is 569. The van der Waals surface area contributed by atoms with Gasteiger partial charge in [-0.25, -0.2) is 0 Å². The molecule has 0 unspecified atom stereocenters. The molecule has 1 N–H and O–H groups in total. The Morgan fingerprint density at radius 3 is 3.06 bits per heavy atom. The Labute approximate surface area is 106 Å². The van der Waals surface area contributed by atoms with E-state index >= 15 is 0 Å². The minimum absolute atomic E-state index is 0.0144. The van der Waals surface area contributed by atoms with E-state index in [2.05, 4.69) is 24.9 Å². The molecule has 0 fully saturated rings. The second-order valence-electron chi connectivity index (χ2n) is 4.21. The van der Waals surface area contributed by atoms with Gasteiger partial charge in [0, 0.05) is 17.5 Å². The molecule has 0 saturated heterocycles. The molecule has 94 valence electrons. The monoisotopic (exact) mass is 243 g/mol. The first-order chi connectivity index (χ1) is 8.74. The standard InChI is InChI=1S/C15H17NO2/c1-3-7-16-15(17)9-12-10-18-14-6-5-11(4-2)8-13(12)14/h3,5-6,8,10H,1,4,7,9H2,2H3,(H,16,17). The van der Waals surface area contributed by atoms with E-state index in [0.717, 1.165) is 23.0 Å². The average Bonchev–Trinajstić information content (AvgIpc) is 2.78. The smallest absolute Gasteiger partial charge is 0.224 e. The number of hydrogen-bond donors (Lipinski definition) is 1. The summed E-state index contributed by atoms with van der Waals surface area (Å²) in [7, 11) is 0. The van der Waals surface area contributed by atoms with E-state index in [1.165, 1.54) is 5.56 Å². The van der Waals surface area contributed by atoms with Crippen molar-refractivity contribution in [2.24, 2.45) is 0 Å². The zero-order valence-electron chi connectivity index (χ0n) is 10.5. The van der Waals surface area contributed by atoms with Crippen LogP contribution in [0.2, 0.25) is 0 Å². The number of amides is 1. The van der Waals surface area contributed by atoms with Crippen LogP contribution < -0.4 is 5.32 Å². The third kappa shape index (κ3) is 2.62. The summed E-state index contributed by atoms with van der Waals surface area (Å²) < 4.78 is 5.45. The molecule has 0 atom stereocenters. The second kappa shape index (κ2) is 5.54. The predicted octanol–water partition coefficient (Wildman–Crippen LogP) is 2.84. The van der Waals surface area contributed by atoms with Crippen molar-refractivity contribution in [2.75, 3.05) is 6.54 Å². The molecule has 1 aromatic heterocycles. The molecule has 0 spiro atoms. The minimum atomic E-state index is -0.0144. The number of furan rings is 1. The van der Waals surface area contributed by atoms with E-state index in [-0.39, 0.29) is 5.91 Å². The van der Waals surface area contributed by atoms with Crippen molar-refractivity contribution >= 4 is 16.9 Å². The molecule has 0 bridgehead atoms. The summed E-state index contributed by atoms with van der Waals surface area (Å²) in [5.41, 5.74) is 3.01. The number of hydrogen-bond acceptors (Lipinski definition) is 2. The summed E-state index contributed by atoms with van der Waals surface area (Å²) in [4.78, 5) is 11.7. The molecule has 1 amide bonds. The van der Waals surface area contributed by atoms with Crippen molar-refractivity contribution in [1.82, 2.24) is 5.32 Å². The van der Waals surface area contributed by atoms with Crippen LogP contribution in [0.5, 0.6) is 0 Å². The first kappa shape index (κ1) is 12.4. The van der Waals surface area contributed by atoms with Gasteiger partial charge in [-0.15, -0.1) is 6.58 Å². The van der Waals surface area contributed by atoms with Crippen molar-refractivity contribution in [3.05, 3.63) is 48.2 Å². The molecular weight excluding hydrogens is 226 g/mol. The van der Waals surface area contributed by atoms with E-state index < -0.39 is 0 Å². The molecule has 2 rings (SSSR count). The first-order valence-electron chi connectivity index (χ1n) is 6.11. The summed E-state index contributed by atoms with van der Waals surface area (Å²) >= 11 is 0. The van der Waals surface area contributed by atoms with Gasteiger partial charge in [-0.1, -0.05) is 19.1 Å². The molecule has 18 heavy (non-hydrogen) atoms. The van der Waals surface area contributed by atoms with Crippen LogP contribution in [0.1, 0.15) is 18.1 Å². The van der Waals surface area contributed by atoms with Crippen molar-refractivity contribution in [3.8, 4) is 0 Å². The predicted molar refractivity (Wildman–Crippen MR) is 72.5 cm³/mol. The van der Waals surface area contributed by atoms with Crippen molar-refractivity contribution in [3.63, 3.8) is 0 Å². The van der Waals surface area contributed by atoms with Crippen molar-refractivity contribution in [2.45, 2.75) is 19.8 Å². The highest BCUT2D eigenvalue weighted by Gasteiger charge is 2.10. The molecule has 1 aromatic carbocycles. The molecule has 3 heteroatoms. The fourth-order valence-corrected chi connectivity index (χ4v) is 1.91. The maximum atomic E-state index is 11.7. The molecule has 0 radical (unpaired) electrons. The molecule has 1 heterocycles. The van der Waals surface area contributed by atoms with Crippen LogP contribution in [0.25, 0.3) is 11.0 Å². The molecule has 0 saturated carbocycles. The lowest BCUT2D eigenvalue weighted by Crippen LogP contribution is -2.24. The highest BCUT2D eigenvalue weighted by Crippen LogP contribution is 2.23. The Kier molecular flexibility index (Phi) is 3.82. The average molecular weight is 243 g/mol. The normalized spacial score (nSPS) is 10.5. The van der Waals surface area contributed by atoms with Gasteiger partial charge in [-0.2, -0.15) is 0 Å². The Hall–Kier alpha value is -2.03. The van der Waals surface area contributed by atoms with Crippen LogP contribution in [0.4, 0.5) is 0 Å². The molecule has 3 nitrogen and oxygen atoms in total. The molecule has 2 aromatic rings. The van der Waals surface area contributed by atoms with Crippen LogP contribution in [0.15, 0.2) is 41.5 Å². The lowest BCUT2D eigenvalue weighted by Gasteiger charge is -2.01. The molecular formula is C15H17NO2. The topological polar surface area (TPSA) is 42.2 Å². The van der Waals surface area contributed by atoms with Gasteiger partial charge >= 0.3 is 0 Å². The highest BCUT2D eigenvalue weighted by atomic mass is 16.3. The van der Waals surface area contributed by atoms with Crippen LogP contribution >= 0.6 is 0 Å². The van der Waals surface area contributed by atoms with Crippen molar-refractivity contribution in [1.29, 1.82) is 0 Å². The zero-order chi connectivity index (χ0) is 13.0. The number of carbonyl (C=O) groups excluding carboxylic acids is 1. The first-order valence-corrected chi connectivity index (χ1v) is 6.11. The Morgan fingerprint density at radius 1 is 1.50 bits per heavy atom. The third-order valence-corrected chi connectivity index (χ3v) is 2.92. The number of carbonyl (C=O) groups is 1. The maximum Gasteiger partial charge on any atom is 0.224 e. The van der Waals surface area contributed by atoms with Gasteiger partial charge in [-0.05, 0) is 24.1 Å². The second-order valence-corrected chi connectivity index (χ2v) is 4.21. The number of aryl methyl sites for hydroxylation is 1. The van der Waals surface area contributed by atoms with Gasteiger partial charge in [0.25, 0.3) is 0 Å². The number of benzene rings is 1. The summed E-state index contributed by atoms with van der Waals surface area (Å²) in [5.74, 6) is -0.0144. The lowest BCUT2D eigenvalue weighted by molar-refractivity contribution is -0.120.